The molecule has 0 spiro atoms. The van der Waals surface area contributed by atoms with E-state index in [0.29, 0.717) is 17.8 Å². The topological polar surface area (TPSA) is 12.0 Å². The molecule has 3 unspecified atom stereocenters. The zero-order valence-electron chi connectivity index (χ0n) is 8.56. The first kappa shape index (κ1) is 9.61. The fourth-order valence-corrected chi connectivity index (χ4v) is 3.31. The smallest absolute Gasteiger partial charge is 0.145 e. The van der Waals surface area contributed by atoms with Gasteiger partial charge in [-0.3, -0.25) is 0 Å². The van der Waals surface area contributed by atoms with Crippen molar-refractivity contribution in [3.8, 4) is 0 Å². The Balaban J connectivity index is 2.19. The van der Waals surface area contributed by atoms with Crippen molar-refractivity contribution in [2.45, 2.75) is 18.8 Å². The van der Waals surface area contributed by atoms with Crippen molar-refractivity contribution >= 4 is 11.6 Å². The van der Waals surface area contributed by atoms with Gasteiger partial charge < -0.3 is 5.32 Å². The summed E-state index contributed by atoms with van der Waals surface area (Å²) in [4.78, 5) is 0. The molecule has 1 aliphatic heterocycles. The van der Waals surface area contributed by atoms with E-state index in [1.807, 2.05) is 6.07 Å². The van der Waals surface area contributed by atoms with Crippen LogP contribution in [0.15, 0.2) is 12.1 Å². The van der Waals surface area contributed by atoms with Crippen LogP contribution in [0.3, 0.4) is 0 Å². The van der Waals surface area contributed by atoms with Gasteiger partial charge in [-0.15, -0.1) is 0 Å². The van der Waals surface area contributed by atoms with Gasteiger partial charge in [0.2, 0.25) is 0 Å². The molecule has 3 heteroatoms. The van der Waals surface area contributed by atoms with Crippen molar-refractivity contribution in [3.05, 3.63) is 34.1 Å². The summed E-state index contributed by atoms with van der Waals surface area (Å²) in [6.45, 7) is 4.08. The van der Waals surface area contributed by atoms with Crippen LogP contribution in [-0.4, -0.2) is 13.1 Å². The lowest BCUT2D eigenvalue weighted by Gasteiger charge is -2.13. The number of benzene rings is 1. The third-order valence-electron chi connectivity index (χ3n) is 3.92. The fourth-order valence-electron chi connectivity index (χ4n) is 3.15. The van der Waals surface area contributed by atoms with E-state index in [2.05, 4.69) is 12.2 Å². The van der Waals surface area contributed by atoms with E-state index >= 15 is 0 Å². The van der Waals surface area contributed by atoms with Crippen LogP contribution in [0.2, 0.25) is 5.02 Å². The van der Waals surface area contributed by atoms with Gasteiger partial charge in [-0.05, 0) is 35.6 Å². The molecule has 1 aliphatic carbocycles. The van der Waals surface area contributed by atoms with E-state index in [0.717, 1.165) is 18.7 Å². The summed E-state index contributed by atoms with van der Waals surface area (Å²) in [5.41, 5.74) is 2.03. The summed E-state index contributed by atoms with van der Waals surface area (Å²) in [7, 11) is 0. The first-order chi connectivity index (χ1) is 7.20. The second-order valence-electron chi connectivity index (χ2n) is 4.58. The quantitative estimate of drug-likeness (QED) is 0.716. The molecule has 0 saturated carbocycles. The monoisotopic (exact) mass is 225 g/mol. The van der Waals surface area contributed by atoms with Crippen molar-refractivity contribution in [3.63, 3.8) is 0 Å². The van der Waals surface area contributed by atoms with E-state index in [1.54, 1.807) is 6.07 Å². The van der Waals surface area contributed by atoms with Crippen LogP contribution in [-0.2, 0) is 0 Å². The van der Waals surface area contributed by atoms with Crippen molar-refractivity contribution in [1.82, 2.24) is 5.32 Å². The molecule has 80 valence electrons. The molecule has 3 rings (SSSR count). The molecule has 0 radical (unpaired) electrons. The van der Waals surface area contributed by atoms with E-state index < -0.39 is 0 Å². The summed E-state index contributed by atoms with van der Waals surface area (Å²) >= 11 is 5.82. The van der Waals surface area contributed by atoms with Gasteiger partial charge in [-0.2, -0.15) is 0 Å². The minimum absolute atomic E-state index is 0.198. The van der Waals surface area contributed by atoms with Crippen LogP contribution < -0.4 is 5.32 Å². The summed E-state index contributed by atoms with van der Waals surface area (Å²) < 4.78 is 13.9. The molecule has 1 N–H and O–H groups in total. The highest BCUT2D eigenvalue weighted by molar-refractivity contribution is 6.30. The molecule has 1 aromatic carbocycles. The third kappa shape index (κ3) is 1.18. The Bertz CT molecular complexity index is 418. The van der Waals surface area contributed by atoms with Crippen LogP contribution in [0.1, 0.15) is 29.9 Å². The molecule has 1 fully saturated rings. The predicted octanol–water partition coefficient (Wildman–Crippen LogP) is 2.90. The van der Waals surface area contributed by atoms with E-state index in [1.165, 1.54) is 5.56 Å². The second-order valence-corrected chi connectivity index (χ2v) is 4.99. The molecule has 0 bridgehead atoms. The number of rotatable bonds is 0. The number of nitrogens with one attached hydrogen (secondary N) is 1. The van der Waals surface area contributed by atoms with Crippen LogP contribution in [0.4, 0.5) is 4.39 Å². The predicted molar refractivity (Wildman–Crippen MR) is 58.9 cm³/mol. The lowest BCUT2D eigenvalue weighted by Crippen LogP contribution is -2.13. The van der Waals surface area contributed by atoms with Gasteiger partial charge >= 0.3 is 0 Å². The minimum Gasteiger partial charge on any atom is -0.316 e. The molecule has 0 aromatic heterocycles. The van der Waals surface area contributed by atoms with Gasteiger partial charge in [0, 0.05) is 12.5 Å². The Labute approximate surface area is 93.6 Å². The number of fused-ring (bicyclic) bond motifs is 3. The van der Waals surface area contributed by atoms with Crippen LogP contribution in [0, 0.1) is 11.7 Å². The van der Waals surface area contributed by atoms with Gasteiger partial charge in [0.1, 0.15) is 5.82 Å². The minimum atomic E-state index is -0.198. The molecule has 0 amide bonds. The Kier molecular flexibility index (Phi) is 2.05. The third-order valence-corrected chi connectivity index (χ3v) is 4.22. The molecule has 1 aromatic rings. The lowest BCUT2D eigenvalue weighted by atomic mass is 9.91. The highest BCUT2D eigenvalue weighted by Gasteiger charge is 2.42. The lowest BCUT2D eigenvalue weighted by molar-refractivity contribution is 0.476. The summed E-state index contributed by atoms with van der Waals surface area (Å²) in [6, 6.07) is 3.68. The van der Waals surface area contributed by atoms with Crippen molar-refractivity contribution in [2.24, 2.45) is 5.92 Å². The van der Waals surface area contributed by atoms with E-state index in [-0.39, 0.29) is 10.8 Å². The Morgan fingerprint density at radius 2 is 2.20 bits per heavy atom. The molecule has 15 heavy (non-hydrogen) atoms. The normalized spacial score (nSPS) is 32.9. The van der Waals surface area contributed by atoms with E-state index in [9.17, 15) is 4.39 Å². The molecule has 1 nitrogen and oxygen atoms in total. The maximum atomic E-state index is 13.9. The van der Waals surface area contributed by atoms with Gasteiger partial charge in [-0.25, -0.2) is 4.39 Å². The van der Waals surface area contributed by atoms with Crippen molar-refractivity contribution in [1.29, 1.82) is 0 Å². The Hall–Kier alpha value is -0.600. The zero-order valence-corrected chi connectivity index (χ0v) is 9.31. The first-order valence-corrected chi connectivity index (χ1v) is 5.76. The summed E-state index contributed by atoms with van der Waals surface area (Å²) in [6.07, 6.45) is 0. The van der Waals surface area contributed by atoms with Crippen LogP contribution in [0.25, 0.3) is 0 Å². The summed E-state index contributed by atoms with van der Waals surface area (Å²) in [5, 5.41) is 3.63. The number of halogens is 2. The average Bonchev–Trinajstić information content (AvgIpc) is 2.76. The molecule has 1 saturated heterocycles. The maximum absolute atomic E-state index is 13.9. The zero-order chi connectivity index (χ0) is 10.6. The van der Waals surface area contributed by atoms with Gasteiger partial charge in [0.05, 0.1) is 5.02 Å². The first-order valence-electron chi connectivity index (χ1n) is 5.38. The molecular formula is C12H13ClFN. The standard InChI is InChI=1S/C12H13ClFN/c1-6-8-4-15-5-9(8)7-2-3-10(13)12(14)11(6)7/h2-3,6,8-9,15H,4-5H2,1H3. The van der Waals surface area contributed by atoms with Gasteiger partial charge in [-0.1, -0.05) is 24.6 Å². The molecule has 3 atom stereocenters. The summed E-state index contributed by atoms with van der Waals surface area (Å²) in [5.74, 6) is 1.13. The van der Waals surface area contributed by atoms with Crippen LogP contribution in [0.5, 0.6) is 0 Å². The SMILES string of the molecule is CC1c2c(ccc(Cl)c2F)C2CNCC12. The van der Waals surface area contributed by atoms with Crippen molar-refractivity contribution in [2.75, 3.05) is 13.1 Å². The van der Waals surface area contributed by atoms with E-state index in [4.69, 9.17) is 11.6 Å². The number of hydrogen-bond donors (Lipinski definition) is 1. The molecule has 2 aliphatic rings. The van der Waals surface area contributed by atoms with Crippen LogP contribution >= 0.6 is 11.6 Å². The second kappa shape index (κ2) is 3.19. The fraction of sp³-hybridized carbons (Fsp3) is 0.500. The molecule has 1 heterocycles. The number of hydrogen-bond acceptors (Lipinski definition) is 1. The van der Waals surface area contributed by atoms with Gasteiger partial charge in [0.25, 0.3) is 0 Å². The highest BCUT2D eigenvalue weighted by atomic mass is 35.5. The Morgan fingerprint density at radius 3 is 3.00 bits per heavy atom. The van der Waals surface area contributed by atoms with Gasteiger partial charge in [0.15, 0.2) is 0 Å². The molecular weight excluding hydrogens is 213 g/mol. The average molecular weight is 226 g/mol. The maximum Gasteiger partial charge on any atom is 0.145 e. The Morgan fingerprint density at radius 1 is 1.40 bits per heavy atom. The highest BCUT2D eigenvalue weighted by Crippen LogP contribution is 2.49. The largest absolute Gasteiger partial charge is 0.316 e. The van der Waals surface area contributed by atoms with Crippen molar-refractivity contribution < 1.29 is 4.39 Å².